The van der Waals surface area contributed by atoms with Gasteiger partial charge in [-0.05, 0) is 43.9 Å². The molecule has 33 heavy (non-hydrogen) atoms. The molecule has 0 aliphatic carbocycles. The summed E-state index contributed by atoms with van der Waals surface area (Å²) in [5.41, 5.74) is 0.989. The molecule has 1 aliphatic rings. The number of anilines is 1. The molecule has 1 aromatic heterocycles. The summed E-state index contributed by atoms with van der Waals surface area (Å²) in [6, 6.07) is 9.59. The predicted molar refractivity (Wildman–Crippen MR) is 129 cm³/mol. The number of pyridine rings is 1. The molecule has 2 N–H and O–H groups in total. The van der Waals surface area contributed by atoms with Crippen molar-refractivity contribution in [2.24, 2.45) is 5.41 Å². The van der Waals surface area contributed by atoms with Crippen LogP contribution in [0.15, 0.2) is 36.5 Å². The van der Waals surface area contributed by atoms with Gasteiger partial charge in [0, 0.05) is 19.2 Å². The fourth-order valence-corrected chi connectivity index (χ4v) is 4.36. The Kier molecular flexibility index (Phi) is 7.34. The Balaban J connectivity index is 1.90. The van der Waals surface area contributed by atoms with Crippen LogP contribution < -0.4 is 10.1 Å². The lowest BCUT2D eigenvalue weighted by molar-refractivity contribution is -0.148. The molecule has 0 unspecified atom stereocenters. The molecular weight excluding hydrogens is 442 g/mol. The highest BCUT2D eigenvalue weighted by Crippen LogP contribution is 2.41. The first-order valence-corrected chi connectivity index (χ1v) is 11.4. The van der Waals surface area contributed by atoms with Crippen LogP contribution in [0.1, 0.15) is 51.2 Å². The standard InChI is InChI=1S/C25H32ClN3O4/c1-16(2)17-8-6-7-9-18(17)25(14-29(15-25)11-10-24(3,4)23(31)32)22(30)28-19-13-27-21(26)12-20(19)33-5/h6-9,12-13,16H,10-11,14-15H2,1-5H3,(H,28,30)(H,31,32). The average Bonchev–Trinajstić information content (AvgIpc) is 2.74. The van der Waals surface area contributed by atoms with Crippen molar-refractivity contribution < 1.29 is 19.4 Å². The van der Waals surface area contributed by atoms with E-state index >= 15 is 0 Å². The molecular formula is C25H32ClN3O4. The number of rotatable bonds is 9. The number of aliphatic carboxylic acids is 1. The zero-order valence-corrected chi connectivity index (χ0v) is 20.6. The van der Waals surface area contributed by atoms with Gasteiger partial charge in [-0.25, -0.2) is 4.98 Å². The second kappa shape index (κ2) is 9.69. The highest BCUT2D eigenvalue weighted by molar-refractivity contribution is 6.29. The van der Waals surface area contributed by atoms with Crippen molar-refractivity contribution >= 4 is 29.2 Å². The zero-order valence-electron chi connectivity index (χ0n) is 19.8. The van der Waals surface area contributed by atoms with Crippen LogP contribution in [0.5, 0.6) is 5.75 Å². The highest BCUT2D eigenvalue weighted by atomic mass is 35.5. The van der Waals surface area contributed by atoms with Gasteiger partial charge in [0.15, 0.2) is 0 Å². The largest absolute Gasteiger partial charge is 0.494 e. The Morgan fingerprint density at radius 1 is 1.30 bits per heavy atom. The lowest BCUT2D eigenvalue weighted by atomic mass is 9.69. The van der Waals surface area contributed by atoms with Crippen LogP contribution in [0, 0.1) is 5.41 Å². The number of hydrogen-bond donors (Lipinski definition) is 2. The number of aromatic nitrogens is 1. The summed E-state index contributed by atoms with van der Waals surface area (Å²) in [7, 11) is 1.51. The Morgan fingerprint density at radius 3 is 2.58 bits per heavy atom. The van der Waals surface area contributed by atoms with Crippen molar-refractivity contribution in [2.45, 2.75) is 45.4 Å². The van der Waals surface area contributed by atoms with Crippen LogP contribution in [-0.4, -0.2) is 53.6 Å². The molecule has 0 bridgehead atoms. The highest BCUT2D eigenvalue weighted by Gasteiger charge is 2.52. The second-order valence-electron chi connectivity index (χ2n) is 9.64. The molecule has 8 heteroatoms. The number of benzene rings is 1. The second-order valence-corrected chi connectivity index (χ2v) is 10.0. The Morgan fingerprint density at radius 2 is 1.97 bits per heavy atom. The van der Waals surface area contributed by atoms with Gasteiger partial charge >= 0.3 is 5.97 Å². The van der Waals surface area contributed by atoms with Crippen LogP contribution >= 0.6 is 11.6 Å². The lowest BCUT2D eigenvalue weighted by Crippen LogP contribution is -2.65. The smallest absolute Gasteiger partial charge is 0.309 e. The molecule has 1 fully saturated rings. The first-order valence-electron chi connectivity index (χ1n) is 11.1. The van der Waals surface area contributed by atoms with Gasteiger partial charge in [0.1, 0.15) is 16.6 Å². The van der Waals surface area contributed by atoms with Crippen molar-refractivity contribution in [1.29, 1.82) is 0 Å². The van der Waals surface area contributed by atoms with Crippen molar-refractivity contribution in [3.8, 4) is 5.75 Å². The summed E-state index contributed by atoms with van der Waals surface area (Å²) >= 11 is 5.97. The molecule has 2 aromatic rings. The average molecular weight is 474 g/mol. The van der Waals surface area contributed by atoms with E-state index in [1.165, 1.54) is 13.3 Å². The molecule has 1 aromatic carbocycles. The van der Waals surface area contributed by atoms with E-state index in [0.717, 1.165) is 11.1 Å². The third-order valence-corrected chi connectivity index (χ3v) is 6.66. The maximum absolute atomic E-state index is 13.8. The maximum Gasteiger partial charge on any atom is 0.309 e. The monoisotopic (exact) mass is 473 g/mol. The van der Waals surface area contributed by atoms with E-state index in [-0.39, 0.29) is 17.0 Å². The number of methoxy groups -OCH3 is 1. The van der Waals surface area contributed by atoms with Gasteiger partial charge in [-0.15, -0.1) is 0 Å². The van der Waals surface area contributed by atoms with Crippen molar-refractivity contribution in [2.75, 3.05) is 32.1 Å². The van der Waals surface area contributed by atoms with E-state index in [2.05, 4.69) is 35.1 Å². The number of carboxylic acids is 1. The normalized spacial score (nSPS) is 15.7. The fraction of sp³-hybridized carbons (Fsp3) is 0.480. The van der Waals surface area contributed by atoms with E-state index in [9.17, 15) is 14.7 Å². The van der Waals surface area contributed by atoms with E-state index in [4.69, 9.17) is 16.3 Å². The predicted octanol–water partition coefficient (Wildman–Crippen LogP) is 4.56. The Hall–Kier alpha value is -2.64. The molecule has 0 spiro atoms. The van der Waals surface area contributed by atoms with E-state index < -0.39 is 16.8 Å². The van der Waals surface area contributed by atoms with Gasteiger partial charge in [0.25, 0.3) is 0 Å². The van der Waals surface area contributed by atoms with Crippen LogP contribution in [0.2, 0.25) is 5.15 Å². The number of carbonyl (C=O) groups excluding carboxylic acids is 1. The molecule has 0 saturated carbocycles. The summed E-state index contributed by atoms with van der Waals surface area (Å²) in [6.45, 7) is 9.28. The quantitative estimate of drug-likeness (QED) is 0.519. The number of ether oxygens (including phenoxy) is 1. The fourth-order valence-electron chi connectivity index (χ4n) is 4.21. The van der Waals surface area contributed by atoms with Crippen molar-refractivity contribution in [1.82, 2.24) is 9.88 Å². The van der Waals surface area contributed by atoms with Gasteiger partial charge in [-0.1, -0.05) is 49.7 Å². The van der Waals surface area contributed by atoms with Crippen LogP contribution in [0.25, 0.3) is 0 Å². The van der Waals surface area contributed by atoms with Gasteiger partial charge in [-0.2, -0.15) is 0 Å². The number of likely N-dealkylation sites (tertiary alicyclic amines) is 1. The van der Waals surface area contributed by atoms with E-state index in [1.807, 2.05) is 18.2 Å². The SMILES string of the molecule is COc1cc(Cl)ncc1NC(=O)C1(c2ccccc2C(C)C)CN(CCC(C)(C)C(=O)O)C1. The molecule has 1 aliphatic heterocycles. The third kappa shape index (κ3) is 5.14. The summed E-state index contributed by atoms with van der Waals surface area (Å²) in [5, 5.41) is 12.7. The topological polar surface area (TPSA) is 91.8 Å². The van der Waals surface area contributed by atoms with Gasteiger partial charge < -0.3 is 20.1 Å². The Labute approximate surface area is 200 Å². The van der Waals surface area contributed by atoms with Crippen molar-refractivity contribution in [3.05, 3.63) is 52.8 Å². The van der Waals surface area contributed by atoms with Gasteiger partial charge in [0.05, 0.1) is 24.1 Å². The summed E-state index contributed by atoms with van der Waals surface area (Å²) in [4.78, 5) is 31.5. The van der Waals surface area contributed by atoms with Crippen LogP contribution in [0.4, 0.5) is 5.69 Å². The number of nitrogens with one attached hydrogen (secondary N) is 1. The minimum absolute atomic E-state index is 0.147. The first kappa shape index (κ1) is 25.0. The molecule has 1 saturated heterocycles. The summed E-state index contributed by atoms with van der Waals surface area (Å²) < 4.78 is 5.37. The molecule has 2 heterocycles. The van der Waals surface area contributed by atoms with Gasteiger partial charge in [0.2, 0.25) is 5.91 Å². The molecule has 0 atom stereocenters. The van der Waals surface area contributed by atoms with Crippen LogP contribution in [0.3, 0.4) is 0 Å². The summed E-state index contributed by atoms with van der Waals surface area (Å²) in [5.74, 6) is -0.279. The minimum Gasteiger partial charge on any atom is -0.494 e. The molecule has 7 nitrogen and oxygen atoms in total. The van der Waals surface area contributed by atoms with Crippen LogP contribution in [-0.2, 0) is 15.0 Å². The number of nitrogens with zero attached hydrogens (tertiary/aromatic N) is 2. The number of amides is 1. The van der Waals surface area contributed by atoms with E-state index in [0.29, 0.717) is 37.5 Å². The third-order valence-electron chi connectivity index (χ3n) is 6.45. The van der Waals surface area contributed by atoms with E-state index in [1.54, 1.807) is 19.9 Å². The molecule has 3 rings (SSSR count). The number of carbonyl (C=O) groups is 2. The molecule has 1 amide bonds. The molecule has 178 valence electrons. The number of carboxylic acid groups (broad SMARTS) is 1. The summed E-state index contributed by atoms with van der Waals surface area (Å²) in [6.07, 6.45) is 1.99. The Bertz CT molecular complexity index is 1030. The zero-order chi connectivity index (χ0) is 24.4. The van der Waals surface area contributed by atoms with Gasteiger partial charge in [-0.3, -0.25) is 9.59 Å². The first-order chi connectivity index (χ1) is 15.5. The van der Waals surface area contributed by atoms with Crippen molar-refractivity contribution in [3.63, 3.8) is 0 Å². The minimum atomic E-state index is -0.821. The maximum atomic E-state index is 13.8. The number of halogens is 1. The number of hydrogen-bond acceptors (Lipinski definition) is 5. The lowest BCUT2D eigenvalue weighted by Gasteiger charge is -2.50. The molecule has 0 radical (unpaired) electrons.